The number of benzene rings is 1. The summed E-state index contributed by atoms with van der Waals surface area (Å²) in [5.74, 6) is 2.19. The van der Waals surface area contributed by atoms with Crippen molar-refractivity contribution in [3.8, 4) is 0 Å². The first-order valence-electron chi connectivity index (χ1n) is 7.00. The Morgan fingerprint density at radius 2 is 1.39 bits per heavy atom. The molecular formula is C17H30S. The fraction of sp³-hybridized carbons (Fsp3) is 0.647. The van der Waals surface area contributed by atoms with Crippen molar-refractivity contribution in [2.24, 2.45) is 11.8 Å². The van der Waals surface area contributed by atoms with E-state index in [0.29, 0.717) is 5.92 Å². The van der Waals surface area contributed by atoms with Crippen LogP contribution in [-0.2, 0) is 0 Å². The van der Waals surface area contributed by atoms with Gasteiger partial charge in [-0.1, -0.05) is 39.8 Å². The van der Waals surface area contributed by atoms with Gasteiger partial charge in [0, 0.05) is 0 Å². The van der Waals surface area contributed by atoms with Crippen molar-refractivity contribution in [1.82, 2.24) is 0 Å². The lowest BCUT2D eigenvalue weighted by atomic mass is 9.82. The second-order valence-corrected chi connectivity index (χ2v) is 11.0. The Bertz CT molecular complexity index is 354. The minimum Gasteiger partial charge on any atom is -0.223 e. The van der Waals surface area contributed by atoms with Gasteiger partial charge in [-0.05, 0) is 65.5 Å². The molecule has 0 spiro atoms. The van der Waals surface area contributed by atoms with Gasteiger partial charge < -0.3 is 0 Å². The van der Waals surface area contributed by atoms with Crippen LogP contribution in [0, 0.1) is 11.8 Å². The van der Waals surface area contributed by atoms with Crippen LogP contribution in [0.15, 0.2) is 29.2 Å². The van der Waals surface area contributed by atoms with E-state index in [2.05, 4.69) is 70.7 Å². The Morgan fingerprint density at radius 1 is 0.889 bits per heavy atom. The molecule has 0 aliphatic rings. The third kappa shape index (κ3) is 4.35. The quantitative estimate of drug-likeness (QED) is 0.658. The molecule has 0 fully saturated rings. The highest BCUT2D eigenvalue weighted by Gasteiger charge is 2.18. The van der Waals surface area contributed by atoms with Crippen LogP contribution in [0.5, 0.6) is 0 Å². The molecule has 1 aromatic rings. The van der Waals surface area contributed by atoms with Crippen LogP contribution in [0.3, 0.4) is 0 Å². The zero-order chi connectivity index (χ0) is 13.9. The lowest BCUT2D eigenvalue weighted by molar-refractivity contribution is 0.408. The molecule has 1 rings (SSSR count). The minimum absolute atomic E-state index is 0.589. The summed E-state index contributed by atoms with van der Waals surface area (Å²) >= 11 is 0. The molecule has 1 heteroatoms. The highest BCUT2D eigenvalue weighted by Crippen LogP contribution is 2.45. The van der Waals surface area contributed by atoms with Crippen LogP contribution in [0.1, 0.15) is 45.6 Å². The first kappa shape index (κ1) is 15.6. The van der Waals surface area contributed by atoms with E-state index in [1.165, 1.54) is 16.9 Å². The van der Waals surface area contributed by atoms with Gasteiger partial charge in [-0.2, -0.15) is 0 Å². The maximum absolute atomic E-state index is 2.36. The van der Waals surface area contributed by atoms with E-state index in [0.717, 1.165) is 11.8 Å². The Morgan fingerprint density at radius 3 is 1.72 bits per heavy atom. The molecule has 0 aliphatic carbocycles. The van der Waals surface area contributed by atoms with Crippen molar-refractivity contribution in [3.63, 3.8) is 0 Å². The smallest absolute Gasteiger partial charge is 0.0106 e. The number of hydrogen-bond donors (Lipinski definition) is 0. The molecule has 1 aromatic carbocycles. The summed E-state index contributed by atoms with van der Waals surface area (Å²) in [4.78, 5) is 1.51. The molecule has 0 bridgehead atoms. The first-order valence-corrected chi connectivity index (χ1v) is 9.86. The number of hydrogen-bond acceptors (Lipinski definition) is 0. The van der Waals surface area contributed by atoms with Gasteiger partial charge in [-0.25, -0.2) is 10.0 Å². The average Bonchev–Trinajstić information content (AvgIpc) is 2.24. The lowest BCUT2D eigenvalue weighted by Crippen LogP contribution is -2.10. The van der Waals surface area contributed by atoms with Gasteiger partial charge in [-0.15, -0.1) is 0 Å². The molecule has 0 aromatic heterocycles. The fourth-order valence-corrected chi connectivity index (χ4v) is 3.38. The van der Waals surface area contributed by atoms with Gasteiger partial charge in [0.05, 0.1) is 0 Å². The number of rotatable bonds is 5. The molecule has 0 radical (unpaired) electrons. The van der Waals surface area contributed by atoms with Gasteiger partial charge >= 0.3 is 0 Å². The lowest BCUT2D eigenvalue weighted by Gasteiger charge is -2.28. The van der Waals surface area contributed by atoms with Crippen LogP contribution in [0.25, 0.3) is 0 Å². The molecule has 0 saturated heterocycles. The predicted molar refractivity (Wildman–Crippen MR) is 87.1 cm³/mol. The molecule has 1 atom stereocenters. The average molecular weight is 266 g/mol. The Kier molecular flexibility index (Phi) is 5.33. The van der Waals surface area contributed by atoms with E-state index >= 15 is 0 Å². The minimum atomic E-state index is -0.589. The third-order valence-corrected chi connectivity index (χ3v) is 5.23. The zero-order valence-electron chi connectivity index (χ0n) is 13.2. The van der Waals surface area contributed by atoms with Crippen LogP contribution in [0.2, 0.25) is 0 Å². The molecule has 1 unspecified atom stereocenters. The summed E-state index contributed by atoms with van der Waals surface area (Å²) in [5.41, 5.74) is 1.52. The zero-order valence-corrected chi connectivity index (χ0v) is 14.0. The van der Waals surface area contributed by atoms with Gasteiger partial charge in [0.15, 0.2) is 0 Å². The van der Waals surface area contributed by atoms with Crippen LogP contribution in [-0.4, -0.2) is 18.8 Å². The van der Waals surface area contributed by atoms with Gasteiger partial charge in [0.25, 0.3) is 0 Å². The monoisotopic (exact) mass is 266 g/mol. The highest BCUT2D eigenvalue weighted by molar-refractivity contribution is 8.32. The van der Waals surface area contributed by atoms with Crippen LogP contribution < -0.4 is 0 Å². The van der Waals surface area contributed by atoms with Crippen molar-refractivity contribution < 1.29 is 0 Å². The molecular weight excluding hydrogens is 236 g/mol. The van der Waals surface area contributed by atoms with E-state index in [1.54, 1.807) is 0 Å². The Labute approximate surface area is 116 Å². The largest absolute Gasteiger partial charge is 0.223 e. The van der Waals surface area contributed by atoms with E-state index in [4.69, 9.17) is 0 Å². The molecule has 0 nitrogen and oxygen atoms in total. The second kappa shape index (κ2) is 6.14. The molecule has 18 heavy (non-hydrogen) atoms. The van der Waals surface area contributed by atoms with Crippen molar-refractivity contribution >= 4 is 10.0 Å². The third-order valence-electron chi connectivity index (χ3n) is 3.55. The summed E-state index contributed by atoms with van der Waals surface area (Å²) in [6.45, 7) is 9.33. The fourth-order valence-electron chi connectivity index (χ4n) is 2.42. The van der Waals surface area contributed by atoms with Crippen LogP contribution in [0.4, 0.5) is 0 Å². The maximum atomic E-state index is 2.36. The summed E-state index contributed by atoms with van der Waals surface area (Å²) in [7, 11) is -0.589. The topological polar surface area (TPSA) is 0 Å². The van der Waals surface area contributed by atoms with Gasteiger partial charge in [0.2, 0.25) is 0 Å². The van der Waals surface area contributed by atoms with Gasteiger partial charge in [-0.3, -0.25) is 0 Å². The molecule has 0 saturated carbocycles. The molecule has 0 amide bonds. The maximum Gasteiger partial charge on any atom is -0.0106 e. The molecule has 0 aliphatic heterocycles. The summed E-state index contributed by atoms with van der Waals surface area (Å²) in [6, 6.07) is 9.42. The van der Waals surface area contributed by atoms with Crippen molar-refractivity contribution in [1.29, 1.82) is 0 Å². The van der Waals surface area contributed by atoms with E-state index in [9.17, 15) is 0 Å². The van der Waals surface area contributed by atoms with E-state index in [-0.39, 0.29) is 0 Å². The highest BCUT2D eigenvalue weighted by atomic mass is 32.3. The molecule has 0 N–H and O–H groups in total. The molecule has 0 heterocycles. The summed E-state index contributed by atoms with van der Waals surface area (Å²) < 4.78 is 0. The predicted octanol–water partition coefficient (Wildman–Crippen LogP) is 5.53. The van der Waals surface area contributed by atoms with Crippen molar-refractivity contribution in [2.45, 2.75) is 44.9 Å². The van der Waals surface area contributed by atoms with Crippen LogP contribution >= 0.6 is 10.0 Å². The van der Waals surface area contributed by atoms with Crippen molar-refractivity contribution in [2.75, 3.05) is 18.8 Å². The molecule has 104 valence electrons. The van der Waals surface area contributed by atoms with Crippen molar-refractivity contribution in [3.05, 3.63) is 29.8 Å². The Hall–Kier alpha value is -0.430. The van der Waals surface area contributed by atoms with E-state index in [1.807, 2.05) is 0 Å². The normalized spacial score (nSPS) is 15.2. The summed E-state index contributed by atoms with van der Waals surface area (Å²) in [6.07, 6.45) is 8.36. The standard InChI is InChI=1S/C17H30S/c1-13(2)12-17(14(3)4)15-8-10-16(11-9-15)18(5,6)7/h8-11,13-14,17H,12H2,1-7H3. The SMILES string of the molecule is CC(C)CC(c1ccc(S(C)(C)C)cc1)C(C)C. The van der Waals surface area contributed by atoms with Gasteiger partial charge in [0.1, 0.15) is 0 Å². The Balaban J connectivity index is 2.94. The first-order chi connectivity index (χ1) is 8.21. The van der Waals surface area contributed by atoms with E-state index < -0.39 is 10.0 Å². The second-order valence-electron chi connectivity index (χ2n) is 6.89. The summed E-state index contributed by atoms with van der Waals surface area (Å²) in [5, 5.41) is 0.